The average Bonchev–Trinajstić information content (AvgIpc) is 2.25. The molecule has 0 amide bonds. The minimum atomic E-state index is -2.90. The van der Waals surface area contributed by atoms with Crippen LogP contribution in [-0.4, -0.2) is 32.0 Å². The number of ether oxygens (including phenoxy) is 1. The van der Waals surface area contributed by atoms with Gasteiger partial charge < -0.3 is 4.74 Å². The highest BCUT2D eigenvalue weighted by Gasteiger charge is 2.41. The number of fused-ring (bicyclic) bond motifs is 2. The summed E-state index contributed by atoms with van der Waals surface area (Å²) in [4.78, 5) is 11.0. The van der Waals surface area contributed by atoms with Gasteiger partial charge in [0.2, 0.25) is 0 Å². The van der Waals surface area contributed by atoms with E-state index >= 15 is 0 Å². The average molecular weight is 258 g/mol. The Morgan fingerprint density at radius 1 is 1.35 bits per heavy atom. The quantitative estimate of drug-likeness (QED) is 0.557. The van der Waals surface area contributed by atoms with Gasteiger partial charge in [0.05, 0.1) is 24.0 Å². The molecular formula is C12H18O4S. The molecular weight excluding hydrogens is 240 g/mol. The van der Waals surface area contributed by atoms with Crippen LogP contribution in [-0.2, 0) is 19.4 Å². The first-order valence-corrected chi connectivity index (χ1v) is 7.62. The Morgan fingerprint density at radius 3 is 2.47 bits per heavy atom. The smallest absolute Gasteiger partial charge is 0.309 e. The molecule has 0 aromatic carbocycles. The van der Waals surface area contributed by atoms with Gasteiger partial charge in [-0.15, -0.1) is 0 Å². The maximum Gasteiger partial charge on any atom is 0.309 e. The Balaban J connectivity index is 2.09. The van der Waals surface area contributed by atoms with Gasteiger partial charge in [0, 0.05) is 0 Å². The van der Waals surface area contributed by atoms with Gasteiger partial charge in [-0.1, -0.05) is 18.1 Å². The van der Waals surface area contributed by atoms with Gasteiger partial charge in [-0.05, 0) is 25.7 Å². The van der Waals surface area contributed by atoms with Gasteiger partial charge in [0.25, 0.3) is 0 Å². The van der Waals surface area contributed by atoms with Crippen molar-refractivity contribution in [3.8, 4) is 0 Å². The summed E-state index contributed by atoms with van der Waals surface area (Å²) in [6, 6.07) is 0. The monoisotopic (exact) mass is 258 g/mol. The van der Waals surface area contributed by atoms with E-state index in [2.05, 4.69) is 4.74 Å². The van der Waals surface area contributed by atoms with Crippen molar-refractivity contribution in [2.24, 2.45) is 0 Å². The van der Waals surface area contributed by atoms with Crippen molar-refractivity contribution in [2.75, 3.05) is 7.11 Å². The van der Waals surface area contributed by atoms with Crippen LogP contribution in [0.2, 0.25) is 0 Å². The zero-order chi connectivity index (χ0) is 12.5. The molecule has 0 N–H and O–H groups in total. The Hall–Kier alpha value is -0.840. The molecule has 2 saturated heterocycles. The molecule has 2 rings (SSSR count). The van der Waals surface area contributed by atoms with Crippen molar-refractivity contribution >= 4 is 15.8 Å². The first kappa shape index (κ1) is 12.6. The van der Waals surface area contributed by atoms with Crippen molar-refractivity contribution < 1.29 is 17.9 Å². The first-order valence-electron chi connectivity index (χ1n) is 6.01. The van der Waals surface area contributed by atoms with E-state index in [0.29, 0.717) is 12.8 Å². The predicted molar refractivity (Wildman–Crippen MR) is 64.3 cm³/mol. The molecule has 4 nitrogen and oxygen atoms in total. The molecule has 2 unspecified atom stereocenters. The minimum absolute atomic E-state index is 0.209. The van der Waals surface area contributed by atoms with Crippen molar-refractivity contribution in [1.29, 1.82) is 0 Å². The molecule has 2 aliphatic heterocycles. The fourth-order valence-corrected chi connectivity index (χ4v) is 5.18. The second-order valence-corrected chi connectivity index (χ2v) is 7.33. The number of carbonyl (C=O) groups is 1. The molecule has 0 radical (unpaired) electrons. The van der Waals surface area contributed by atoms with Crippen LogP contribution < -0.4 is 0 Å². The predicted octanol–water partition coefficient (Wildman–Crippen LogP) is 1.61. The lowest BCUT2D eigenvalue weighted by Crippen LogP contribution is -2.40. The van der Waals surface area contributed by atoms with Crippen LogP contribution in [0.25, 0.3) is 0 Å². The van der Waals surface area contributed by atoms with Crippen molar-refractivity contribution in [1.82, 2.24) is 0 Å². The zero-order valence-corrected chi connectivity index (χ0v) is 10.8. The van der Waals surface area contributed by atoms with E-state index in [4.69, 9.17) is 0 Å². The molecule has 96 valence electrons. The number of allylic oxidation sites excluding steroid dienone is 1. The summed E-state index contributed by atoms with van der Waals surface area (Å²) in [5.74, 6) is -0.268. The second-order valence-electron chi connectivity index (χ2n) is 4.81. The second kappa shape index (κ2) is 4.80. The number of rotatable bonds is 2. The van der Waals surface area contributed by atoms with Gasteiger partial charge in [0.1, 0.15) is 0 Å². The summed E-state index contributed by atoms with van der Waals surface area (Å²) in [6.45, 7) is 0. The van der Waals surface area contributed by atoms with E-state index < -0.39 is 9.84 Å². The summed E-state index contributed by atoms with van der Waals surface area (Å²) in [5.41, 5.74) is 1.11. The molecule has 0 aromatic rings. The Morgan fingerprint density at radius 2 is 1.94 bits per heavy atom. The topological polar surface area (TPSA) is 60.4 Å². The SMILES string of the molecule is COC(=O)CC=C1CC2CCCC(C1)S2(=O)=O. The van der Waals surface area contributed by atoms with E-state index in [1.165, 1.54) is 7.11 Å². The van der Waals surface area contributed by atoms with E-state index in [1.807, 2.05) is 6.08 Å². The van der Waals surface area contributed by atoms with Gasteiger partial charge in [-0.25, -0.2) is 8.42 Å². The Labute approximate surface area is 102 Å². The van der Waals surface area contributed by atoms with Crippen LogP contribution in [0.3, 0.4) is 0 Å². The highest BCUT2D eigenvalue weighted by molar-refractivity contribution is 7.92. The first-order chi connectivity index (χ1) is 8.04. The molecule has 0 aliphatic carbocycles. The van der Waals surface area contributed by atoms with Crippen LogP contribution >= 0.6 is 0 Å². The Kier molecular flexibility index (Phi) is 3.56. The molecule has 0 spiro atoms. The maximum atomic E-state index is 12.0. The lowest BCUT2D eigenvalue weighted by molar-refractivity contribution is -0.139. The highest BCUT2D eigenvalue weighted by atomic mass is 32.2. The van der Waals surface area contributed by atoms with Crippen LogP contribution in [0, 0.1) is 0 Å². The minimum Gasteiger partial charge on any atom is -0.469 e. The number of esters is 1. The number of sulfone groups is 1. The summed E-state index contributed by atoms with van der Waals surface area (Å²) in [5, 5.41) is -0.419. The third-order valence-electron chi connectivity index (χ3n) is 3.75. The third kappa shape index (κ3) is 2.54. The lowest BCUT2D eigenvalue weighted by atomic mass is 9.93. The van der Waals surface area contributed by atoms with Gasteiger partial charge in [-0.3, -0.25) is 4.79 Å². The van der Waals surface area contributed by atoms with E-state index in [0.717, 1.165) is 24.8 Å². The number of hydrogen-bond donors (Lipinski definition) is 0. The van der Waals surface area contributed by atoms with Crippen LogP contribution in [0.4, 0.5) is 0 Å². The molecule has 2 bridgehead atoms. The molecule has 2 aliphatic rings. The van der Waals surface area contributed by atoms with Crippen molar-refractivity contribution in [3.05, 3.63) is 11.6 Å². The molecule has 0 saturated carbocycles. The zero-order valence-electron chi connectivity index (χ0n) is 10.0. The highest BCUT2D eigenvalue weighted by Crippen LogP contribution is 2.39. The van der Waals surface area contributed by atoms with Gasteiger partial charge >= 0.3 is 5.97 Å². The standard InChI is InChI=1S/C12H18O4S/c1-16-12(13)6-5-9-7-10-3-2-4-11(8-9)17(10,14)15/h5,10-11H,2-4,6-8H2,1H3. The van der Waals surface area contributed by atoms with Crippen molar-refractivity contribution in [2.45, 2.75) is 49.0 Å². The number of carbonyl (C=O) groups excluding carboxylic acids is 1. The van der Waals surface area contributed by atoms with Gasteiger partial charge in [0.15, 0.2) is 9.84 Å². The molecule has 17 heavy (non-hydrogen) atoms. The van der Waals surface area contributed by atoms with Gasteiger partial charge in [-0.2, -0.15) is 0 Å². The maximum absolute atomic E-state index is 12.0. The normalized spacial score (nSPS) is 30.8. The van der Waals surface area contributed by atoms with Crippen LogP contribution in [0.5, 0.6) is 0 Å². The van der Waals surface area contributed by atoms with E-state index in [9.17, 15) is 13.2 Å². The number of methoxy groups -OCH3 is 1. The molecule has 2 fully saturated rings. The van der Waals surface area contributed by atoms with E-state index in [-0.39, 0.29) is 22.9 Å². The van der Waals surface area contributed by atoms with Crippen LogP contribution in [0.15, 0.2) is 11.6 Å². The molecule has 2 atom stereocenters. The summed E-state index contributed by atoms with van der Waals surface area (Å²) < 4.78 is 28.6. The van der Waals surface area contributed by atoms with E-state index in [1.54, 1.807) is 0 Å². The molecule has 0 aromatic heterocycles. The largest absolute Gasteiger partial charge is 0.469 e. The summed E-state index contributed by atoms with van der Waals surface area (Å²) in [7, 11) is -1.54. The lowest BCUT2D eigenvalue weighted by Gasteiger charge is -2.35. The molecule has 2 heterocycles. The fourth-order valence-electron chi connectivity index (χ4n) is 2.76. The Bertz CT molecular complexity index is 413. The summed E-state index contributed by atoms with van der Waals surface area (Å²) in [6.07, 6.45) is 5.88. The molecule has 5 heteroatoms. The number of hydrogen-bond acceptors (Lipinski definition) is 4. The fraction of sp³-hybridized carbons (Fsp3) is 0.750. The van der Waals surface area contributed by atoms with Crippen molar-refractivity contribution in [3.63, 3.8) is 0 Å². The summed E-state index contributed by atoms with van der Waals surface area (Å²) >= 11 is 0. The third-order valence-corrected chi connectivity index (χ3v) is 6.41. The van der Waals surface area contributed by atoms with Crippen LogP contribution in [0.1, 0.15) is 38.5 Å².